The van der Waals surface area contributed by atoms with Gasteiger partial charge in [0, 0.05) is 62.9 Å². The fourth-order valence-corrected chi connectivity index (χ4v) is 6.41. The van der Waals surface area contributed by atoms with Crippen LogP contribution in [-0.2, 0) is 20.5 Å². The highest BCUT2D eigenvalue weighted by atomic mass is 32.2. The maximum Gasteiger partial charge on any atom is 0.228 e. The Bertz CT molecular complexity index is 1100. The summed E-state index contributed by atoms with van der Waals surface area (Å²) in [5, 5.41) is 8.83. The van der Waals surface area contributed by atoms with Gasteiger partial charge < -0.3 is 9.80 Å². The third-order valence-electron chi connectivity index (χ3n) is 6.75. The smallest absolute Gasteiger partial charge is 0.228 e. The van der Waals surface area contributed by atoms with Crippen molar-refractivity contribution in [2.45, 2.75) is 49.1 Å². The van der Waals surface area contributed by atoms with Crippen LogP contribution in [0.1, 0.15) is 54.6 Å². The van der Waals surface area contributed by atoms with E-state index < -0.39 is 0 Å². The van der Waals surface area contributed by atoms with Gasteiger partial charge in [-0.2, -0.15) is 15.2 Å². The molecule has 162 valence electrons. The van der Waals surface area contributed by atoms with Crippen LogP contribution in [0.5, 0.6) is 0 Å². The first-order chi connectivity index (χ1) is 15.2. The minimum Gasteiger partial charge on any atom is -0.348 e. The number of aromatic nitrogens is 6. The van der Waals surface area contributed by atoms with Gasteiger partial charge in [-0.1, -0.05) is 0 Å². The van der Waals surface area contributed by atoms with Gasteiger partial charge in [-0.3, -0.25) is 9.36 Å². The summed E-state index contributed by atoms with van der Waals surface area (Å²) in [6.45, 7) is 2.03. The molecule has 6 rings (SSSR count). The molecule has 3 aromatic heterocycles. The molecule has 2 saturated heterocycles. The van der Waals surface area contributed by atoms with Crippen LogP contribution in [-0.4, -0.2) is 48.4 Å². The van der Waals surface area contributed by atoms with Crippen LogP contribution < -0.4 is 9.80 Å². The van der Waals surface area contributed by atoms with E-state index >= 15 is 0 Å². The molecule has 2 atom stereocenters. The number of thioether (sulfide) groups is 1. The van der Waals surface area contributed by atoms with E-state index in [-0.39, 0.29) is 0 Å². The SMILES string of the molecule is Cn1cc([C@H]2CCCN2c2nc3c(c(N4CCC[C@@H]4c4cnn(C)c4)n2)SCC3)cn1. The van der Waals surface area contributed by atoms with E-state index in [2.05, 4.69) is 32.4 Å². The Morgan fingerprint density at radius 1 is 0.871 bits per heavy atom. The first kappa shape index (κ1) is 19.2. The first-order valence-electron chi connectivity index (χ1n) is 11.2. The number of hydrogen-bond acceptors (Lipinski definition) is 7. The molecular formula is C22H28N8S. The highest BCUT2D eigenvalue weighted by Crippen LogP contribution is 2.45. The minimum atomic E-state index is 0.307. The lowest BCUT2D eigenvalue weighted by atomic mass is 10.1. The molecule has 8 nitrogen and oxygen atoms in total. The van der Waals surface area contributed by atoms with Gasteiger partial charge >= 0.3 is 0 Å². The van der Waals surface area contributed by atoms with E-state index in [1.54, 1.807) is 0 Å². The van der Waals surface area contributed by atoms with E-state index in [0.717, 1.165) is 56.3 Å². The quantitative estimate of drug-likeness (QED) is 0.622. The van der Waals surface area contributed by atoms with Gasteiger partial charge in [-0.25, -0.2) is 4.98 Å². The van der Waals surface area contributed by atoms with E-state index in [1.807, 2.05) is 47.6 Å². The summed E-state index contributed by atoms with van der Waals surface area (Å²) in [5.41, 5.74) is 3.76. The van der Waals surface area contributed by atoms with Gasteiger partial charge in [0.2, 0.25) is 5.95 Å². The van der Waals surface area contributed by atoms with E-state index in [4.69, 9.17) is 9.97 Å². The summed E-state index contributed by atoms with van der Waals surface area (Å²) in [4.78, 5) is 16.5. The Morgan fingerprint density at radius 3 is 2.16 bits per heavy atom. The second-order valence-corrected chi connectivity index (χ2v) is 9.92. The number of nitrogens with zero attached hydrogens (tertiary/aromatic N) is 8. The van der Waals surface area contributed by atoms with Gasteiger partial charge in [0.25, 0.3) is 0 Å². The zero-order valence-electron chi connectivity index (χ0n) is 18.1. The number of fused-ring (bicyclic) bond motifs is 1. The van der Waals surface area contributed by atoms with Crippen LogP contribution in [0.2, 0.25) is 0 Å². The summed E-state index contributed by atoms with van der Waals surface area (Å²) in [5.74, 6) is 3.11. The molecule has 31 heavy (non-hydrogen) atoms. The molecule has 0 saturated carbocycles. The lowest BCUT2D eigenvalue weighted by Gasteiger charge is -2.29. The van der Waals surface area contributed by atoms with E-state index in [9.17, 15) is 0 Å². The monoisotopic (exact) mass is 436 g/mol. The van der Waals surface area contributed by atoms with Crippen LogP contribution in [0.3, 0.4) is 0 Å². The van der Waals surface area contributed by atoms with Crippen LogP contribution in [0, 0.1) is 0 Å². The second kappa shape index (κ2) is 7.55. The molecule has 0 bridgehead atoms. The topological polar surface area (TPSA) is 67.9 Å². The largest absolute Gasteiger partial charge is 0.348 e. The number of anilines is 2. The van der Waals surface area contributed by atoms with E-state index in [1.165, 1.54) is 28.1 Å². The highest BCUT2D eigenvalue weighted by molar-refractivity contribution is 7.99. The molecule has 0 aliphatic carbocycles. The molecule has 0 spiro atoms. The lowest BCUT2D eigenvalue weighted by Crippen LogP contribution is -2.28. The van der Waals surface area contributed by atoms with Crippen molar-refractivity contribution >= 4 is 23.5 Å². The summed E-state index contributed by atoms with van der Waals surface area (Å²) >= 11 is 1.92. The van der Waals surface area contributed by atoms with Gasteiger partial charge in [-0.05, 0) is 25.7 Å². The van der Waals surface area contributed by atoms with E-state index in [0.29, 0.717) is 12.1 Å². The van der Waals surface area contributed by atoms with Crippen LogP contribution in [0.4, 0.5) is 11.8 Å². The van der Waals surface area contributed by atoms with Gasteiger partial charge in [-0.15, -0.1) is 11.8 Å². The average Bonchev–Trinajstić information content (AvgIpc) is 3.56. The Balaban J connectivity index is 1.39. The van der Waals surface area contributed by atoms with Crippen molar-refractivity contribution in [3.8, 4) is 0 Å². The maximum absolute atomic E-state index is 5.24. The Morgan fingerprint density at radius 2 is 1.52 bits per heavy atom. The zero-order chi connectivity index (χ0) is 20.9. The van der Waals surface area contributed by atoms with Gasteiger partial charge in [0.15, 0.2) is 0 Å². The summed E-state index contributed by atoms with van der Waals surface area (Å²) in [7, 11) is 3.97. The molecule has 0 unspecified atom stereocenters. The lowest BCUT2D eigenvalue weighted by molar-refractivity contribution is 0.678. The first-order valence-corrected chi connectivity index (χ1v) is 12.2. The van der Waals surface area contributed by atoms with Gasteiger partial charge in [0.05, 0.1) is 35.1 Å². The van der Waals surface area contributed by atoms with Crippen molar-refractivity contribution in [1.29, 1.82) is 0 Å². The number of hydrogen-bond donors (Lipinski definition) is 0. The van der Waals surface area contributed by atoms with Gasteiger partial charge in [0.1, 0.15) is 5.82 Å². The molecule has 0 aromatic carbocycles. The molecule has 3 aliphatic rings. The highest BCUT2D eigenvalue weighted by Gasteiger charge is 2.35. The fraction of sp³-hybridized carbons (Fsp3) is 0.545. The molecular weight excluding hydrogens is 408 g/mol. The third-order valence-corrected chi connectivity index (χ3v) is 7.86. The average molecular weight is 437 g/mol. The van der Waals surface area contributed by atoms with Crippen molar-refractivity contribution in [2.24, 2.45) is 14.1 Å². The Hall–Kier alpha value is -2.55. The standard InChI is InChI=1S/C22H28N8S/c1-27-13-15(11-23-27)18-5-3-8-29(18)21-20-17(7-10-31-20)25-22(26-21)30-9-4-6-19(30)16-12-24-28(2)14-16/h11-14,18-19H,3-10H2,1-2H3/t18-,19-/m1/s1. The summed E-state index contributed by atoms with van der Waals surface area (Å²) in [6, 6.07) is 0.649. The van der Waals surface area contributed by atoms with Crippen LogP contribution >= 0.6 is 11.8 Å². The molecule has 2 fully saturated rings. The molecule has 9 heteroatoms. The van der Waals surface area contributed by atoms with Crippen molar-refractivity contribution in [3.63, 3.8) is 0 Å². The number of rotatable bonds is 4. The fourth-order valence-electron chi connectivity index (χ4n) is 5.31. The van der Waals surface area contributed by atoms with Crippen LogP contribution in [0.15, 0.2) is 29.7 Å². The van der Waals surface area contributed by atoms with Crippen molar-refractivity contribution in [3.05, 3.63) is 41.6 Å². The molecule has 3 aliphatic heterocycles. The summed E-state index contributed by atoms with van der Waals surface area (Å²) in [6.07, 6.45) is 13.9. The predicted molar refractivity (Wildman–Crippen MR) is 122 cm³/mol. The second-order valence-electron chi connectivity index (χ2n) is 8.82. The normalized spacial score (nSPS) is 23.2. The molecule has 0 radical (unpaired) electrons. The predicted octanol–water partition coefficient (Wildman–Crippen LogP) is 3.27. The van der Waals surface area contributed by atoms with Crippen molar-refractivity contribution in [1.82, 2.24) is 29.5 Å². The zero-order valence-corrected chi connectivity index (χ0v) is 18.9. The van der Waals surface area contributed by atoms with Crippen molar-refractivity contribution < 1.29 is 0 Å². The third kappa shape index (κ3) is 3.30. The van der Waals surface area contributed by atoms with Crippen LogP contribution in [0.25, 0.3) is 0 Å². The maximum atomic E-state index is 5.24. The van der Waals surface area contributed by atoms with Crippen molar-refractivity contribution in [2.75, 3.05) is 28.6 Å². The molecule has 3 aromatic rings. The molecule has 0 N–H and O–H groups in total. The summed E-state index contributed by atoms with van der Waals surface area (Å²) < 4.78 is 3.79. The Kier molecular flexibility index (Phi) is 4.66. The molecule has 6 heterocycles. The molecule has 0 amide bonds. The Labute approximate surface area is 186 Å². The minimum absolute atomic E-state index is 0.307. The number of aryl methyl sites for hydroxylation is 3.